The minimum absolute atomic E-state index is 0.0309. The van der Waals surface area contributed by atoms with E-state index in [4.69, 9.17) is 4.74 Å². The summed E-state index contributed by atoms with van der Waals surface area (Å²) in [4.78, 5) is 42.2. The number of carbonyl (C=O) groups is 2. The highest BCUT2D eigenvalue weighted by Crippen LogP contribution is 2.67. The van der Waals surface area contributed by atoms with Crippen LogP contribution in [0.5, 0.6) is 0 Å². The second kappa shape index (κ2) is 17.7. The number of hydrogen-bond donors (Lipinski definition) is 0. The van der Waals surface area contributed by atoms with E-state index < -0.39 is 29.7 Å². The van der Waals surface area contributed by atoms with Crippen LogP contribution in [0.1, 0.15) is 116 Å². The molecule has 0 aliphatic heterocycles. The second-order valence-electron chi connectivity index (χ2n) is 19.7. The molecule has 7 heteroatoms. The zero-order valence-electron chi connectivity index (χ0n) is 36.8. The van der Waals surface area contributed by atoms with Gasteiger partial charge in [-0.05, 0) is 114 Å². The van der Waals surface area contributed by atoms with Gasteiger partial charge in [-0.1, -0.05) is 169 Å². The van der Waals surface area contributed by atoms with E-state index in [1.807, 2.05) is 91.0 Å². The first-order valence-electron chi connectivity index (χ1n) is 23.0. The van der Waals surface area contributed by atoms with Gasteiger partial charge in [0.1, 0.15) is 11.4 Å². The quantitative estimate of drug-likeness (QED) is 0.0255. The van der Waals surface area contributed by atoms with E-state index >= 15 is 9.59 Å². The number of Topliss-reactive ketones (excluding diaryl/α,β-unsaturated/α-hetero) is 1. The summed E-state index contributed by atoms with van der Waals surface area (Å²) in [6.45, 7) is 9.13. The van der Waals surface area contributed by atoms with Crippen LogP contribution in [-0.4, -0.2) is 28.1 Å². The molecule has 4 aliphatic carbocycles. The van der Waals surface area contributed by atoms with Crippen molar-refractivity contribution in [3.8, 4) is 0 Å². The first-order valence-corrected chi connectivity index (χ1v) is 24.8. The number of non-ortho nitro benzene ring substituents is 1. The standard InChI is InChI=1S/C54H64NO5P/c1-37(2)17-15-18-38(3)47-29-30-48-46-28-27-40-36-42(31-33-53(40,4)49(46)32-34-54(47,48)5)60-52(57)51(50(56)39-19-16-20-41(35-39)55(58)59)61(43-21-9-6-10-22-43,44-23-11-7-12-24-44)45-25-13-8-14-26-45/h6-14,16,19-27,35,37-38,42,46-49H,15,17-18,28-34,36H2,1-5H3/t38-,42+,46+,47-,48+,49+,53+,54-/m1/s1. The van der Waals surface area contributed by atoms with Crippen molar-refractivity contribution in [2.24, 2.45) is 46.3 Å². The maximum absolute atomic E-state index is 15.4. The molecule has 4 aliphatic rings. The zero-order valence-corrected chi connectivity index (χ0v) is 37.7. The minimum atomic E-state index is -3.24. The van der Waals surface area contributed by atoms with Gasteiger partial charge in [0, 0.05) is 24.1 Å². The van der Waals surface area contributed by atoms with Crippen molar-refractivity contribution >= 4 is 45.5 Å². The summed E-state index contributed by atoms with van der Waals surface area (Å²) < 4.78 is 6.70. The van der Waals surface area contributed by atoms with Gasteiger partial charge in [0.2, 0.25) is 5.78 Å². The molecule has 6 nitrogen and oxygen atoms in total. The Bertz CT molecular complexity index is 2220. The van der Waals surface area contributed by atoms with Gasteiger partial charge in [0.15, 0.2) is 0 Å². The number of nitro groups is 1. The van der Waals surface area contributed by atoms with Gasteiger partial charge in [-0.15, -0.1) is 0 Å². The molecule has 4 aromatic rings. The Hall–Kier alpha value is -4.54. The van der Waals surface area contributed by atoms with E-state index in [0.29, 0.717) is 23.7 Å². The number of ether oxygens (including phenoxy) is 1. The van der Waals surface area contributed by atoms with Gasteiger partial charge < -0.3 is 4.74 Å². The molecular formula is C54H64NO5P. The second-order valence-corrected chi connectivity index (χ2v) is 23.1. The molecule has 61 heavy (non-hydrogen) atoms. The van der Waals surface area contributed by atoms with Gasteiger partial charge >= 0.3 is 5.97 Å². The third-order valence-electron chi connectivity index (χ3n) is 16.0. The Morgan fingerprint density at radius 1 is 0.770 bits per heavy atom. The predicted octanol–water partition coefficient (Wildman–Crippen LogP) is 11.9. The third kappa shape index (κ3) is 7.92. The van der Waals surface area contributed by atoms with E-state index in [1.54, 1.807) is 6.07 Å². The highest BCUT2D eigenvalue weighted by Gasteiger charge is 2.59. The molecule has 0 bridgehead atoms. The van der Waals surface area contributed by atoms with Crippen LogP contribution in [-0.2, 0) is 9.53 Å². The van der Waals surface area contributed by atoms with Crippen molar-refractivity contribution in [1.82, 2.24) is 0 Å². The van der Waals surface area contributed by atoms with E-state index in [2.05, 4.69) is 40.7 Å². The average molecular weight is 838 g/mol. The van der Waals surface area contributed by atoms with Gasteiger partial charge in [-0.3, -0.25) is 14.9 Å². The Balaban J connectivity index is 1.15. The number of nitro benzene ring substituents is 1. The topological polar surface area (TPSA) is 86.5 Å². The van der Waals surface area contributed by atoms with Crippen molar-refractivity contribution in [3.05, 3.63) is 143 Å². The molecule has 0 aromatic heterocycles. The molecule has 3 fully saturated rings. The molecule has 0 radical (unpaired) electrons. The van der Waals surface area contributed by atoms with Crippen molar-refractivity contribution in [2.75, 3.05) is 0 Å². The summed E-state index contributed by atoms with van der Waals surface area (Å²) in [6, 6.07) is 35.1. The summed E-state index contributed by atoms with van der Waals surface area (Å²) in [5.41, 5.74) is 1.78. The van der Waals surface area contributed by atoms with Crippen molar-refractivity contribution in [3.63, 3.8) is 0 Å². The number of ketones is 1. The van der Waals surface area contributed by atoms with E-state index in [-0.39, 0.29) is 22.0 Å². The Morgan fingerprint density at radius 2 is 1.39 bits per heavy atom. The SMILES string of the molecule is CC(C)CCC[C@@H](C)[C@H]1CC[C@H]2[C@@H]3CC=C4C[C@@H](OC(=O)C(C(=O)c5cccc([N+](=O)[O-])c5)=P(c5ccccc5)(c5ccccc5)c5ccccc5)CC[C@]4(C)[C@H]3CC[C@]12C. The lowest BCUT2D eigenvalue weighted by Gasteiger charge is -2.58. The third-order valence-corrected chi connectivity index (χ3v) is 20.3. The fraction of sp³-hybridized carbons (Fsp3) is 0.463. The molecule has 4 aromatic carbocycles. The van der Waals surface area contributed by atoms with Crippen molar-refractivity contribution < 1.29 is 19.2 Å². The van der Waals surface area contributed by atoms with Crippen LogP contribution in [0.3, 0.4) is 0 Å². The van der Waals surface area contributed by atoms with Crippen LogP contribution in [0.15, 0.2) is 127 Å². The largest absolute Gasteiger partial charge is 0.458 e. The molecule has 320 valence electrons. The van der Waals surface area contributed by atoms with Crippen molar-refractivity contribution in [2.45, 2.75) is 111 Å². The maximum atomic E-state index is 15.4. The minimum Gasteiger partial charge on any atom is -0.458 e. The number of rotatable bonds is 13. The number of nitrogens with zero attached hydrogens (tertiary/aromatic N) is 1. The van der Waals surface area contributed by atoms with Crippen molar-refractivity contribution in [1.29, 1.82) is 0 Å². The van der Waals surface area contributed by atoms with Gasteiger partial charge in [-0.2, -0.15) is 0 Å². The first-order chi connectivity index (χ1) is 29.4. The summed E-state index contributed by atoms with van der Waals surface area (Å²) >= 11 is 0. The highest BCUT2D eigenvalue weighted by atomic mass is 31.2. The number of fused-ring (bicyclic) bond motifs is 5. The number of carbonyl (C=O) groups excluding carboxylic acids is 2. The van der Waals surface area contributed by atoms with Crippen LogP contribution in [0, 0.1) is 56.5 Å². The zero-order chi connectivity index (χ0) is 42.9. The molecule has 8 rings (SSSR count). The van der Waals surface area contributed by atoms with Crippen LogP contribution < -0.4 is 15.9 Å². The van der Waals surface area contributed by atoms with E-state index in [0.717, 1.165) is 58.8 Å². The summed E-state index contributed by atoms with van der Waals surface area (Å²) in [7, 11) is 0. The lowest BCUT2D eigenvalue weighted by molar-refractivity contribution is -0.384. The Labute approximate surface area is 363 Å². The smallest absolute Gasteiger partial charge is 0.343 e. The summed E-state index contributed by atoms with van der Waals surface area (Å²) in [5, 5.41) is 14.5. The molecule has 8 atom stereocenters. The van der Waals surface area contributed by atoms with Crippen LogP contribution in [0.25, 0.3) is 0 Å². The van der Waals surface area contributed by atoms with E-state index in [1.165, 1.54) is 68.7 Å². The first kappa shape index (κ1) is 43.1. The summed E-state index contributed by atoms with van der Waals surface area (Å²) in [5.74, 6) is 3.25. The molecular weight excluding hydrogens is 774 g/mol. The number of hydrogen-bond acceptors (Lipinski definition) is 5. The summed E-state index contributed by atoms with van der Waals surface area (Å²) in [6.07, 6.45) is 14.9. The normalized spacial score (nSPS) is 27.5. The van der Waals surface area contributed by atoms with Crippen LogP contribution in [0.2, 0.25) is 0 Å². The molecule has 3 saturated carbocycles. The number of benzene rings is 4. The average Bonchev–Trinajstić information content (AvgIpc) is 3.63. The molecule has 0 heterocycles. The molecule has 0 amide bonds. The molecule has 0 unspecified atom stereocenters. The predicted molar refractivity (Wildman–Crippen MR) is 251 cm³/mol. The van der Waals surface area contributed by atoms with Gasteiger partial charge in [0.25, 0.3) is 5.69 Å². The van der Waals surface area contributed by atoms with Crippen LogP contribution >= 0.6 is 6.89 Å². The highest BCUT2D eigenvalue weighted by molar-refractivity contribution is 7.97. The number of allylic oxidation sites excluding steroid dienone is 1. The van der Waals surface area contributed by atoms with E-state index in [9.17, 15) is 10.1 Å². The molecule has 0 spiro atoms. The van der Waals surface area contributed by atoms with Gasteiger partial charge in [0.05, 0.1) is 4.92 Å². The fourth-order valence-corrected chi connectivity index (χ4v) is 17.3. The lowest BCUT2D eigenvalue weighted by Crippen LogP contribution is -2.51. The lowest BCUT2D eigenvalue weighted by atomic mass is 9.47. The van der Waals surface area contributed by atoms with Crippen LogP contribution in [0.4, 0.5) is 5.69 Å². The molecule has 0 saturated heterocycles. The van der Waals surface area contributed by atoms with Gasteiger partial charge in [-0.25, -0.2) is 4.79 Å². The monoisotopic (exact) mass is 837 g/mol. The number of esters is 1. The Kier molecular flexibility index (Phi) is 12.5. The Morgan fingerprint density at radius 3 is 1.98 bits per heavy atom. The molecule has 0 N–H and O–H groups in total. The maximum Gasteiger partial charge on any atom is 0.343 e. The fourth-order valence-electron chi connectivity index (χ4n) is 13.0.